The molecule has 8 heteroatoms. The Morgan fingerprint density at radius 2 is 1.84 bits per heavy atom. The van der Waals surface area contributed by atoms with Gasteiger partial charge in [0.25, 0.3) is 5.91 Å². The molecule has 0 fully saturated rings. The van der Waals surface area contributed by atoms with Gasteiger partial charge < -0.3 is 14.8 Å². The fourth-order valence-corrected chi connectivity index (χ4v) is 3.23. The number of methoxy groups -OCH3 is 1. The second-order valence-electron chi connectivity index (χ2n) is 6.80. The number of nitrogens with zero attached hydrogens (tertiary/aromatic N) is 1. The number of carbonyl (C=O) groups excluding carboxylic acids is 2. The maximum Gasteiger partial charge on any atom is 0.344 e. The van der Waals surface area contributed by atoms with E-state index in [1.54, 1.807) is 36.4 Å². The molecule has 1 amide bonds. The smallest absolute Gasteiger partial charge is 0.344 e. The third-order valence-electron chi connectivity index (χ3n) is 4.36. The molecule has 0 aromatic heterocycles. The molecule has 0 radical (unpaired) electrons. The average molecular weight is 496 g/mol. The lowest BCUT2D eigenvalue weighted by Gasteiger charge is -2.10. The maximum atomic E-state index is 12.4. The van der Waals surface area contributed by atoms with Crippen molar-refractivity contribution in [2.75, 3.05) is 19.0 Å². The molecule has 0 saturated heterocycles. The van der Waals surface area contributed by atoms with Crippen LogP contribution in [0.1, 0.15) is 21.5 Å². The number of benzene rings is 3. The Bertz CT molecular complexity index is 1150. The molecule has 32 heavy (non-hydrogen) atoms. The van der Waals surface area contributed by atoms with E-state index in [0.717, 1.165) is 11.3 Å². The van der Waals surface area contributed by atoms with E-state index in [0.29, 0.717) is 21.3 Å². The van der Waals surface area contributed by atoms with Crippen molar-refractivity contribution in [1.82, 2.24) is 5.43 Å². The number of amides is 1. The van der Waals surface area contributed by atoms with Crippen LogP contribution < -0.4 is 20.2 Å². The first kappa shape index (κ1) is 23.0. The van der Waals surface area contributed by atoms with Crippen LogP contribution in [0.15, 0.2) is 76.3 Å². The van der Waals surface area contributed by atoms with Gasteiger partial charge in [0.15, 0.2) is 11.5 Å². The number of nitrogens with one attached hydrogen (secondary N) is 2. The summed E-state index contributed by atoms with van der Waals surface area (Å²) in [5.74, 6) is -0.155. The highest BCUT2D eigenvalue weighted by Gasteiger charge is 2.15. The lowest BCUT2D eigenvalue weighted by Crippen LogP contribution is -2.25. The molecule has 3 rings (SSSR count). The highest BCUT2D eigenvalue weighted by molar-refractivity contribution is 9.10. The lowest BCUT2D eigenvalue weighted by molar-refractivity contribution is -0.119. The van der Waals surface area contributed by atoms with Gasteiger partial charge in [0, 0.05) is 10.2 Å². The van der Waals surface area contributed by atoms with E-state index in [-0.39, 0.29) is 18.2 Å². The van der Waals surface area contributed by atoms with Gasteiger partial charge in [-0.15, -0.1) is 0 Å². The first-order chi connectivity index (χ1) is 15.5. The van der Waals surface area contributed by atoms with Crippen LogP contribution >= 0.6 is 15.9 Å². The lowest BCUT2D eigenvalue weighted by atomic mass is 10.2. The monoisotopic (exact) mass is 495 g/mol. The number of hydrogen-bond acceptors (Lipinski definition) is 6. The molecule has 0 aliphatic rings. The zero-order valence-corrected chi connectivity index (χ0v) is 19.2. The van der Waals surface area contributed by atoms with Gasteiger partial charge in [-0.05, 0) is 76.4 Å². The van der Waals surface area contributed by atoms with E-state index >= 15 is 0 Å². The Morgan fingerprint density at radius 3 is 2.59 bits per heavy atom. The Kier molecular flexibility index (Phi) is 7.99. The quantitative estimate of drug-likeness (QED) is 0.207. The van der Waals surface area contributed by atoms with Crippen LogP contribution in [-0.4, -0.2) is 31.7 Å². The Hall–Kier alpha value is -3.65. The minimum atomic E-state index is -0.509. The summed E-state index contributed by atoms with van der Waals surface area (Å²) >= 11 is 3.34. The zero-order valence-electron chi connectivity index (χ0n) is 17.6. The van der Waals surface area contributed by atoms with Crippen LogP contribution in [0.3, 0.4) is 0 Å². The number of esters is 1. The van der Waals surface area contributed by atoms with E-state index < -0.39 is 5.97 Å². The van der Waals surface area contributed by atoms with Gasteiger partial charge in [-0.25, -0.2) is 10.2 Å². The van der Waals surface area contributed by atoms with Crippen molar-refractivity contribution < 1.29 is 19.1 Å². The van der Waals surface area contributed by atoms with Crippen LogP contribution in [0, 0.1) is 6.92 Å². The number of anilines is 1. The maximum absolute atomic E-state index is 12.4. The number of hydrogen-bond donors (Lipinski definition) is 2. The molecule has 0 bridgehead atoms. The van der Waals surface area contributed by atoms with E-state index in [2.05, 4.69) is 31.8 Å². The summed E-state index contributed by atoms with van der Waals surface area (Å²) in [4.78, 5) is 24.4. The van der Waals surface area contributed by atoms with Gasteiger partial charge in [0.05, 0.1) is 25.4 Å². The molecule has 7 nitrogen and oxygen atoms in total. The van der Waals surface area contributed by atoms with Crippen LogP contribution in [0.5, 0.6) is 11.5 Å². The fourth-order valence-electron chi connectivity index (χ4n) is 2.79. The van der Waals surface area contributed by atoms with Gasteiger partial charge in [-0.1, -0.05) is 24.3 Å². The summed E-state index contributed by atoms with van der Waals surface area (Å²) in [6, 6.07) is 19.7. The number of ether oxygens (including phenoxy) is 2. The van der Waals surface area contributed by atoms with Gasteiger partial charge in [-0.3, -0.25) is 4.79 Å². The van der Waals surface area contributed by atoms with Gasteiger partial charge in [-0.2, -0.15) is 5.10 Å². The van der Waals surface area contributed by atoms with Crippen molar-refractivity contribution in [2.24, 2.45) is 5.10 Å². The summed E-state index contributed by atoms with van der Waals surface area (Å²) in [7, 11) is 1.48. The van der Waals surface area contributed by atoms with Crippen LogP contribution in [0.4, 0.5) is 5.69 Å². The van der Waals surface area contributed by atoms with Gasteiger partial charge >= 0.3 is 5.97 Å². The second-order valence-corrected chi connectivity index (χ2v) is 7.65. The molecule has 3 aromatic rings. The molecular weight excluding hydrogens is 474 g/mol. The average Bonchev–Trinajstić information content (AvgIpc) is 2.79. The predicted octanol–water partition coefficient (Wildman–Crippen LogP) is 4.55. The summed E-state index contributed by atoms with van der Waals surface area (Å²) in [6.45, 7) is 2.07. The molecule has 164 valence electrons. The predicted molar refractivity (Wildman–Crippen MR) is 127 cm³/mol. The molecule has 0 saturated carbocycles. The number of aryl methyl sites for hydroxylation is 1. The molecule has 3 aromatic carbocycles. The normalized spacial score (nSPS) is 10.6. The van der Waals surface area contributed by atoms with Crippen LogP contribution in [0.25, 0.3) is 0 Å². The van der Waals surface area contributed by atoms with Crippen molar-refractivity contribution in [3.63, 3.8) is 0 Å². The van der Waals surface area contributed by atoms with Crippen molar-refractivity contribution in [3.8, 4) is 11.5 Å². The van der Waals surface area contributed by atoms with Gasteiger partial charge in [0.1, 0.15) is 0 Å². The van der Waals surface area contributed by atoms with Crippen molar-refractivity contribution >= 4 is 39.7 Å². The molecule has 2 N–H and O–H groups in total. The summed E-state index contributed by atoms with van der Waals surface area (Å²) < 4.78 is 11.4. The summed E-state index contributed by atoms with van der Waals surface area (Å²) in [6.07, 6.45) is 1.48. The number of halogens is 1. The van der Waals surface area contributed by atoms with Crippen LogP contribution in [-0.2, 0) is 4.79 Å². The van der Waals surface area contributed by atoms with Crippen LogP contribution in [0.2, 0.25) is 0 Å². The zero-order chi connectivity index (χ0) is 22.9. The Morgan fingerprint density at radius 1 is 1.03 bits per heavy atom. The standard InChI is InChI=1S/C24H22BrN3O4/c1-16-6-5-7-18(12-16)26-15-23(29)28-27-14-17-10-11-21(22(13-17)31-2)32-24(30)19-8-3-4-9-20(19)25/h3-14,26H,15H2,1-2H3,(H,28,29). The molecule has 0 spiro atoms. The highest BCUT2D eigenvalue weighted by Crippen LogP contribution is 2.29. The fraction of sp³-hybridized carbons (Fsp3) is 0.125. The molecule has 0 aliphatic carbocycles. The molecular formula is C24H22BrN3O4. The number of rotatable bonds is 8. The first-order valence-corrected chi connectivity index (χ1v) is 10.5. The van der Waals surface area contributed by atoms with E-state index in [1.807, 2.05) is 37.3 Å². The molecule has 0 unspecified atom stereocenters. The Labute approximate surface area is 194 Å². The SMILES string of the molecule is COc1cc(C=NNC(=O)CNc2cccc(C)c2)ccc1OC(=O)c1ccccc1Br. The molecule has 0 aliphatic heterocycles. The topological polar surface area (TPSA) is 89.0 Å². The largest absolute Gasteiger partial charge is 0.493 e. The second kappa shape index (κ2) is 11.1. The van der Waals surface area contributed by atoms with Crippen molar-refractivity contribution in [2.45, 2.75) is 6.92 Å². The number of hydrazone groups is 1. The van der Waals surface area contributed by atoms with Crippen molar-refractivity contribution in [3.05, 3.63) is 87.9 Å². The minimum absolute atomic E-state index is 0.0913. The molecule has 0 atom stereocenters. The summed E-state index contributed by atoms with van der Waals surface area (Å²) in [5.41, 5.74) is 5.50. The van der Waals surface area contributed by atoms with E-state index in [4.69, 9.17) is 9.47 Å². The van der Waals surface area contributed by atoms with E-state index in [9.17, 15) is 9.59 Å². The third-order valence-corrected chi connectivity index (χ3v) is 5.05. The minimum Gasteiger partial charge on any atom is -0.493 e. The van der Waals surface area contributed by atoms with Gasteiger partial charge in [0.2, 0.25) is 0 Å². The first-order valence-electron chi connectivity index (χ1n) is 9.73. The molecule has 0 heterocycles. The third kappa shape index (κ3) is 6.42. The summed E-state index contributed by atoms with van der Waals surface area (Å²) in [5, 5.41) is 7.00. The van der Waals surface area contributed by atoms with E-state index in [1.165, 1.54) is 13.3 Å². The number of carbonyl (C=O) groups is 2. The highest BCUT2D eigenvalue weighted by atomic mass is 79.9. The Balaban J connectivity index is 1.58. The van der Waals surface area contributed by atoms with Crippen molar-refractivity contribution in [1.29, 1.82) is 0 Å².